The van der Waals surface area contributed by atoms with Gasteiger partial charge in [-0.3, -0.25) is 4.72 Å². The summed E-state index contributed by atoms with van der Waals surface area (Å²) in [5.74, 6) is -0.165. The maximum absolute atomic E-state index is 13.3. The van der Waals surface area contributed by atoms with E-state index in [0.717, 1.165) is 36.1 Å². The van der Waals surface area contributed by atoms with Crippen molar-refractivity contribution >= 4 is 55.0 Å². The number of aromatic nitrogens is 2. The Hall–Kier alpha value is -3.50. The van der Waals surface area contributed by atoms with E-state index in [2.05, 4.69) is 20.0 Å². The third-order valence-corrected chi connectivity index (χ3v) is 8.68. The fourth-order valence-corrected chi connectivity index (χ4v) is 6.81. The van der Waals surface area contributed by atoms with E-state index in [-0.39, 0.29) is 16.5 Å². The minimum absolute atomic E-state index is 0.0501. The SMILES string of the molecule is COC(=O)c1c(Nc2nc3ccccc3nc2NS(=O)(=O)c2ccccc2C)sc2c1CCCC2. The van der Waals surface area contributed by atoms with Gasteiger partial charge in [0.05, 0.1) is 28.6 Å². The highest BCUT2D eigenvalue weighted by Crippen LogP contribution is 2.41. The number of fused-ring (bicyclic) bond motifs is 2. The average molecular weight is 509 g/mol. The maximum Gasteiger partial charge on any atom is 0.341 e. The van der Waals surface area contributed by atoms with Gasteiger partial charge < -0.3 is 10.1 Å². The van der Waals surface area contributed by atoms with Gasteiger partial charge in [0.2, 0.25) is 0 Å². The predicted molar refractivity (Wildman–Crippen MR) is 137 cm³/mol. The van der Waals surface area contributed by atoms with Crippen molar-refractivity contribution in [2.75, 3.05) is 17.1 Å². The topological polar surface area (TPSA) is 110 Å². The number of thiophene rings is 1. The first-order chi connectivity index (χ1) is 16.9. The van der Waals surface area contributed by atoms with Crippen LogP contribution in [0.25, 0.3) is 11.0 Å². The van der Waals surface area contributed by atoms with Gasteiger partial charge in [0.1, 0.15) is 5.00 Å². The molecule has 0 amide bonds. The number of anilines is 3. The molecule has 8 nitrogen and oxygen atoms in total. The zero-order chi connectivity index (χ0) is 24.6. The van der Waals surface area contributed by atoms with Crippen LogP contribution in [0.5, 0.6) is 0 Å². The number of sulfonamides is 1. The number of carbonyl (C=O) groups is 1. The molecule has 4 aromatic rings. The molecule has 2 aromatic carbocycles. The van der Waals surface area contributed by atoms with E-state index < -0.39 is 16.0 Å². The van der Waals surface area contributed by atoms with Crippen LogP contribution in [0.1, 0.15) is 39.2 Å². The second-order valence-corrected chi connectivity index (χ2v) is 11.1. The third kappa shape index (κ3) is 4.46. The number of rotatable bonds is 6. The monoisotopic (exact) mass is 508 g/mol. The Morgan fingerprint density at radius 1 is 0.971 bits per heavy atom. The number of hydrogen-bond donors (Lipinski definition) is 2. The molecule has 0 spiro atoms. The molecule has 0 saturated carbocycles. The van der Waals surface area contributed by atoms with E-state index in [1.54, 1.807) is 43.3 Å². The lowest BCUT2D eigenvalue weighted by Crippen LogP contribution is -2.17. The fourth-order valence-electron chi connectivity index (χ4n) is 4.28. The highest BCUT2D eigenvalue weighted by Gasteiger charge is 2.28. The van der Waals surface area contributed by atoms with Crippen LogP contribution < -0.4 is 10.0 Å². The van der Waals surface area contributed by atoms with Crippen LogP contribution in [-0.4, -0.2) is 31.5 Å². The summed E-state index contributed by atoms with van der Waals surface area (Å²) in [6.07, 6.45) is 3.76. The van der Waals surface area contributed by atoms with Crippen molar-refractivity contribution in [1.29, 1.82) is 0 Å². The molecule has 2 aromatic heterocycles. The molecule has 0 atom stereocenters. The number of ether oxygens (including phenoxy) is 1. The fraction of sp³-hybridized carbons (Fsp3) is 0.240. The van der Waals surface area contributed by atoms with E-state index in [4.69, 9.17) is 4.74 Å². The molecule has 2 heterocycles. The number of carbonyl (C=O) groups excluding carboxylic acids is 1. The number of para-hydroxylation sites is 2. The van der Waals surface area contributed by atoms with E-state index in [1.165, 1.54) is 18.4 Å². The summed E-state index contributed by atoms with van der Waals surface area (Å²) in [5, 5.41) is 3.79. The van der Waals surface area contributed by atoms with Crippen LogP contribution >= 0.6 is 11.3 Å². The molecule has 0 bridgehead atoms. The van der Waals surface area contributed by atoms with Crippen molar-refractivity contribution in [1.82, 2.24) is 9.97 Å². The zero-order valence-corrected chi connectivity index (χ0v) is 20.9. The highest BCUT2D eigenvalue weighted by atomic mass is 32.2. The first-order valence-electron chi connectivity index (χ1n) is 11.2. The Morgan fingerprint density at radius 3 is 2.34 bits per heavy atom. The summed E-state index contributed by atoms with van der Waals surface area (Å²) < 4.78 is 34.2. The minimum atomic E-state index is -3.94. The molecule has 0 saturated heterocycles. The molecule has 5 rings (SSSR count). The van der Waals surface area contributed by atoms with Gasteiger partial charge in [-0.05, 0) is 61.9 Å². The summed E-state index contributed by atoms with van der Waals surface area (Å²) in [4.78, 5) is 23.2. The summed E-state index contributed by atoms with van der Waals surface area (Å²) in [6, 6.07) is 13.9. The molecule has 10 heteroatoms. The van der Waals surface area contributed by atoms with E-state index in [1.807, 2.05) is 12.1 Å². The van der Waals surface area contributed by atoms with E-state index >= 15 is 0 Å². The van der Waals surface area contributed by atoms with Gasteiger partial charge in [0, 0.05) is 4.88 Å². The third-order valence-electron chi connectivity index (χ3n) is 5.98. The summed E-state index contributed by atoms with van der Waals surface area (Å²) in [6.45, 7) is 1.73. The van der Waals surface area contributed by atoms with Crippen molar-refractivity contribution < 1.29 is 17.9 Å². The van der Waals surface area contributed by atoms with Gasteiger partial charge >= 0.3 is 5.97 Å². The Labute approximate surface area is 207 Å². The predicted octanol–water partition coefficient (Wildman–Crippen LogP) is 5.21. The summed E-state index contributed by atoms with van der Waals surface area (Å²) in [7, 11) is -2.58. The Kier molecular flexibility index (Phi) is 6.16. The van der Waals surface area contributed by atoms with Crippen molar-refractivity contribution in [3.8, 4) is 0 Å². The van der Waals surface area contributed by atoms with E-state index in [9.17, 15) is 13.2 Å². The van der Waals surface area contributed by atoms with Crippen molar-refractivity contribution in [3.05, 3.63) is 70.1 Å². The lowest BCUT2D eigenvalue weighted by molar-refractivity contribution is 0.0601. The average Bonchev–Trinajstić information content (AvgIpc) is 3.21. The van der Waals surface area contributed by atoms with Crippen molar-refractivity contribution in [3.63, 3.8) is 0 Å². The van der Waals surface area contributed by atoms with Gasteiger partial charge in [-0.1, -0.05) is 30.3 Å². The molecule has 180 valence electrons. The lowest BCUT2D eigenvalue weighted by Gasteiger charge is -2.15. The quantitative estimate of drug-likeness (QED) is 0.344. The lowest BCUT2D eigenvalue weighted by atomic mass is 9.95. The summed E-state index contributed by atoms with van der Waals surface area (Å²) in [5.41, 5.74) is 3.22. The van der Waals surface area contributed by atoms with E-state index in [0.29, 0.717) is 27.2 Å². The molecule has 0 fully saturated rings. The second kappa shape index (κ2) is 9.27. The number of aryl methyl sites for hydroxylation is 2. The van der Waals surface area contributed by atoms with Crippen LogP contribution in [0, 0.1) is 6.92 Å². The number of esters is 1. The van der Waals surface area contributed by atoms with Crippen LogP contribution in [0.2, 0.25) is 0 Å². The molecule has 0 aliphatic heterocycles. The minimum Gasteiger partial charge on any atom is -0.465 e. The van der Waals surface area contributed by atoms with Gasteiger partial charge in [-0.25, -0.2) is 23.2 Å². The first-order valence-corrected chi connectivity index (χ1v) is 13.5. The molecule has 1 aliphatic carbocycles. The number of methoxy groups -OCH3 is 1. The van der Waals surface area contributed by atoms with Gasteiger partial charge in [0.15, 0.2) is 11.6 Å². The zero-order valence-electron chi connectivity index (χ0n) is 19.3. The smallest absolute Gasteiger partial charge is 0.341 e. The number of benzene rings is 2. The Balaban J connectivity index is 1.62. The number of nitrogens with one attached hydrogen (secondary N) is 2. The second-order valence-electron chi connectivity index (χ2n) is 8.31. The van der Waals surface area contributed by atoms with Gasteiger partial charge in [-0.15, -0.1) is 11.3 Å². The largest absolute Gasteiger partial charge is 0.465 e. The molecule has 2 N–H and O–H groups in total. The maximum atomic E-state index is 13.3. The van der Waals surface area contributed by atoms with Gasteiger partial charge in [-0.2, -0.15) is 0 Å². The van der Waals surface area contributed by atoms with Crippen molar-refractivity contribution in [2.45, 2.75) is 37.5 Å². The molecular formula is C25H24N4O4S2. The molecular weight excluding hydrogens is 484 g/mol. The standard InChI is InChI=1S/C25H24N4O4S2/c1-15-9-3-8-14-20(15)35(31,32)29-23-22(26-17-11-5-6-12-18(17)27-23)28-24-21(25(30)33-2)16-10-4-7-13-19(16)34-24/h3,5-6,8-9,11-12,14H,4,7,10,13H2,1-2H3,(H,26,28)(H,27,29). The molecule has 35 heavy (non-hydrogen) atoms. The Morgan fingerprint density at radius 2 is 1.63 bits per heavy atom. The number of nitrogens with zero attached hydrogens (tertiary/aromatic N) is 2. The molecule has 1 aliphatic rings. The van der Waals surface area contributed by atoms with Crippen LogP contribution in [-0.2, 0) is 27.6 Å². The summed E-state index contributed by atoms with van der Waals surface area (Å²) >= 11 is 1.47. The normalized spacial score (nSPS) is 13.3. The number of hydrogen-bond acceptors (Lipinski definition) is 8. The van der Waals surface area contributed by atoms with Crippen LogP contribution in [0.3, 0.4) is 0 Å². The highest BCUT2D eigenvalue weighted by molar-refractivity contribution is 7.92. The van der Waals surface area contributed by atoms with Crippen LogP contribution in [0.4, 0.5) is 16.6 Å². The Bertz CT molecular complexity index is 1550. The molecule has 0 unspecified atom stereocenters. The van der Waals surface area contributed by atoms with Gasteiger partial charge in [0.25, 0.3) is 10.0 Å². The first kappa shape index (κ1) is 23.3. The molecule has 0 radical (unpaired) electrons. The van der Waals surface area contributed by atoms with Crippen molar-refractivity contribution in [2.24, 2.45) is 0 Å². The van der Waals surface area contributed by atoms with Crippen LogP contribution in [0.15, 0.2) is 53.4 Å².